The Hall–Kier alpha value is -1.55. The van der Waals surface area contributed by atoms with Gasteiger partial charge in [-0.05, 0) is 32.0 Å². The first-order valence-corrected chi connectivity index (χ1v) is 6.82. The van der Waals surface area contributed by atoms with Crippen molar-refractivity contribution >= 4 is 5.97 Å². The third-order valence-corrected chi connectivity index (χ3v) is 2.74. The maximum absolute atomic E-state index is 11.4. The molecule has 4 nitrogen and oxygen atoms in total. The molecule has 0 aliphatic rings. The lowest BCUT2D eigenvalue weighted by Gasteiger charge is -2.19. The molecule has 0 bridgehead atoms. The molecule has 0 atom stereocenters. The van der Waals surface area contributed by atoms with Crippen molar-refractivity contribution < 1.29 is 14.3 Å². The lowest BCUT2D eigenvalue weighted by Crippen LogP contribution is -2.32. The first-order chi connectivity index (χ1) is 9.26. The molecule has 0 spiro atoms. The molecule has 1 rings (SSSR count). The number of rotatable bonds is 9. The van der Waals surface area contributed by atoms with Gasteiger partial charge in [0.1, 0.15) is 5.75 Å². The number of hydrogen-bond acceptors (Lipinski definition) is 4. The summed E-state index contributed by atoms with van der Waals surface area (Å²) in [4.78, 5) is 13.4. The molecular formula is C15H23NO3. The quantitative estimate of drug-likeness (QED) is 0.507. The molecule has 0 aliphatic carbocycles. The van der Waals surface area contributed by atoms with Crippen LogP contribution in [0.5, 0.6) is 5.75 Å². The van der Waals surface area contributed by atoms with E-state index in [-0.39, 0.29) is 5.97 Å². The molecule has 0 saturated heterocycles. The molecule has 0 aliphatic heterocycles. The summed E-state index contributed by atoms with van der Waals surface area (Å²) in [6.07, 6.45) is 0.891. The summed E-state index contributed by atoms with van der Waals surface area (Å²) >= 11 is 0. The van der Waals surface area contributed by atoms with Crippen LogP contribution in [-0.2, 0) is 9.53 Å². The summed E-state index contributed by atoms with van der Waals surface area (Å²) in [5.41, 5.74) is 0. The van der Waals surface area contributed by atoms with Crippen LogP contribution in [0.1, 0.15) is 20.3 Å². The van der Waals surface area contributed by atoms with Gasteiger partial charge < -0.3 is 9.47 Å². The smallest absolute Gasteiger partial charge is 0.320 e. The highest BCUT2D eigenvalue weighted by Gasteiger charge is 2.09. The van der Waals surface area contributed by atoms with Crippen LogP contribution in [0.15, 0.2) is 30.3 Å². The Balaban J connectivity index is 2.17. The van der Waals surface area contributed by atoms with Gasteiger partial charge in [-0.2, -0.15) is 0 Å². The highest BCUT2D eigenvalue weighted by molar-refractivity contribution is 5.71. The van der Waals surface area contributed by atoms with Crippen molar-refractivity contribution in [3.05, 3.63) is 30.3 Å². The van der Waals surface area contributed by atoms with Crippen LogP contribution in [-0.4, -0.2) is 43.7 Å². The second-order valence-electron chi connectivity index (χ2n) is 4.19. The first kappa shape index (κ1) is 15.5. The minimum absolute atomic E-state index is 0.159. The number of carbonyl (C=O) groups excluding carboxylic acids is 1. The zero-order valence-corrected chi connectivity index (χ0v) is 11.8. The van der Waals surface area contributed by atoms with E-state index < -0.39 is 0 Å². The van der Waals surface area contributed by atoms with Crippen molar-refractivity contribution in [3.8, 4) is 5.75 Å². The Morgan fingerprint density at radius 3 is 2.58 bits per heavy atom. The van der Waals surface area contributed by atoms with Crippen molar-refractivity contribution in [3.63, 3.8) is 0 Å². The van der Waals surface area contributed by atoms with Gasteiger partial charge in [0.05, 0.1) is 19.8 Å². The van der Waals surface area contributed by atoms with Crippen LogP contribution < -0.4 is 4.74 Å². The molecule has 0 heterocycles. The highest BCUT2D eigenvalue weighted by atomic mass is 16.5. The summed E-state index contributed by atoms with van der Waals surface area (Å²) in [6, 6.07) is 9.75. The Morgan fingerprint density at radius 2 is 1.95 bits per heavy atom. The predicted molar refractivity (Wildman–Crippen MR) is 75.3 cm³/mol. The molecule has 0 fully saturated rings. The Morgan fingerprint density at radius 1 is 1.21 bits per heavy atom. The summed E-state index contributed by atoms with van der Waals surface area (Å²) in [7, 11) is 0. The van der Waals surface area contributed by atoms with E-state index in [2.05, 4.69) is 4.90 Å². The fourth-order valence-electron chi connectivity index (χ4n) is 1.73. The molecule has 0 unspecified atom stereocenters. The van der Waals surface area contributed by atoms with E-state index in [1.54, 1.807) is 0 Å². The van der Waals surface area contributed by atoms with E-state index in [0.29, 0.717) is 19.8 Å². The van der Waals surface area contributed by atoms with Gasteiger partial charge in [0.2, 0.25) is 0 Å². The Labute approximate surface area is 115 Å². The average Bonchev–Trinajstić information content (AvgIpc) is 2.43. The zero-order valence-electron chi connectivity index (χ0n) is 11.8. The number of ether oxygens (including phenoxy) is 2. The summed E-state index contributed by atoms with van der Waals surface area (Å²) in [5.74, 6) is 0.726. The lowest BCUT2D eigenvalue weighted by atomic mass is 10.3. The molecule has 1 aromatic carbocycles. The van der Waals surface area contributed by atoms with Crippen molar-refractivity contribution in [2.24, 2.45) is 0 Å². The van der Waals surface area contributed by atoms with Crippen LogP contribution in [0.25, 0.3) is 0 Å². The molecule has 4 heteroatoms. The topological polar surface area (TPSA) is 38.8 Å². The first-order valence-electron chi connectivity index (χ1n) is 6.82. The fraction of sp³-hybridized carbons (Fsp3) is 0.533. The molecule has 106 valence electrons. The van der Waals surface area contributed by atoms with E-state index >= 15 is 0 Å². The van der Waals surface area contributed by atoms with Gasteiger partial charge in [-0.3, -0.25) is 9.69 Å². The largest absolute Gasteiger partial charge is 0.494 e. The van der Waals surface area contributed by atoms with Crippen LogP contribution >= 0.6 is 0 Å². The number of carbonyl (C=O) groups is 1. The van der Waals surface area contributed by atoms with Crippen molar-refractivity contribution in [1.82, 2.24) is 4.90 Å². The monoisotopic (exact) mass is 265 g/mol. The van der Waals surface area contributed by atoms with E-state index in [0.717, 1.165) is 25.3 Å². The number of hydrogen-bond donors (Lipinski definition) is 0. The molecular weight excluding hydrogens is 242 g/mol. The van der Waals surface area contributed by atoms with Gasteiger partial charge in [0, 0.05) is 6.54 Å². The maximum atomic E-state index is 11.4. The van der Waals surface area contributed by atoms with Gasteiger partial charge in [-0.25, -0.2) is 0 Å². The van der Waals surface area contributed by atoms with E-state index in [4.69, 9.17) is 9.47 Å². The van der Waals surface area contributed by atoms with Gasteiger partial charge in [-0.1, -0.05) is 25.1 Å². The van der Waals surface area contributed by atoms with Crippen molar-refractivity contribution in [2.75, 3.05) is 32.8 Å². The molecule has 0 amide bonds. The summed E-state index contributed by atoms with van der Waals surface area (Å²) in [6.45, 7) is 6.98. The highest BCUT2D eigenvalue weighted by Crippen LogP contribution is 2.08. The normalized spacial score (nSPS) is 10.5. The molecule has 0 N–H and O–H groups in total. The van der Waals surface area contributed by atoms with E-state index in [9.17, 15) is 4.79 Å². The van der Waals surface area contributed by atoms with Gasteiger partial charge in [-0.15, -0.1) is 0 Å². The zero-order chi connectivity index (χ0) is 13.9. The second kappa shape index (κ2) is 9.39. The van der Waals surface area contributed by atoms with E-state index in [1.807, 2.05) is 44.2 Å². The number of benzene rings is 1. The number of esters is 1. The molecule has 19 heavy (non-hydrogen) atoms. The standard InChI is InChI=1S/C15H23NO3/c1-3-16(13-15(17)18-4-2)11-8-12-19-14-9-6-5-7-10-14/h5-7,9-10H,3-4,8,11-13H2,1-2H3. The molecule has 0 aromatic heterocycles. The maximum Gasteiger partial charge on any atom is 0.320 e. The number of nitrogens with zero attached hydrogens (tertiary/aromatic N) is 1. The average molecular weight is 265 g/mol. The van der Waals surface area contributed by atoms with E-state index in [1.165, 1.54) is 0 Å². The van der Waals surface area contributed by atoms with Crippen LogP contribution in [0.3, 0.4) is 0 Å². The van der Waals surface area contributed by atoms with Crippen molar-refractivity contribution in [2.45, 2.75) is 20.3 Å². The Bertz CT molecular complexity index is 354. The fourth-order valence-corrected chi connectivity index (χ4v) is 1.73. The molecule has 0 radical (unpaired) electrons. The predicted octanol–water partition coefficient (Wildman–Crippen LogP) is 2.34. The van der Waals surface area contributed by atoms with Crippen LogP contribution in [0.4, 0.5) is 0 Å². The molecule has 1 aromatic rings. The Kier molecular flexibility index (Phi) is 7.66. The summed E-state index contributed by atoms with van der Waals surface area (Å²) in [5, 5.41) is 0. The van der Waals surface area contributed by atoms with Crippen LogP contribution in [0.2, 0.25) is 0 Å². The SMILES string of the molecule is CCOC(=O)CN(CC)CCCOc1ccccc1. The lowest BCUT2D eigenvalue weighted by molar-refractivity contribution is -0.144. The van der Waals surface area contributed by atoms with Gasteiger partial charge >= 0.3 is 5.97 Å². The van der Waals surface area contributed by atoms with Crippen molar-refractivity contribution in [1.29, 1.82) is 0 Å². The second-order valence-corrected chi connectivity index (χ2v) is 4.19. The van der Waals surface area contributed by atoms with Gasteiger partial charge in [0.15, 0.2) is 0 Å². The number of likely N-dealkylation sites (N-methyl/N-ethyl adjacent to an activating group) is 1. The van der Waals surface area contributed by atoms with Gasteiger partial charge in [0.25, 0.3) is 0 Å². The minimum Gasteiger partial charge on any atom is -0.494 e. The number of para-hydroxylation sites is 1. The third kappa shape index (κ3) is 6.82. The third-order valence-electron chi connectivity index (χ3n) is 2.74. The summed E-state index contributed by atoms with van der Waals surface area (Å²) < 4.78 is 10.5. The minimum atomic E-state index is -0.159. The molecule has 0 saturated carbocycles. The van der Waals surface area contributed by atoms with Crippen LogP contribution in [0, 0.1) is 0 Å².